The van der Waals surface area contributed by atoms with E-state index in [1.165, 1.54) is 30.4 Å². The molecule has 1 aromatic rings. The molecule has 17 heavy (non-hydrogen) atoms. The Bertz CT molecular complexity index is 477. The van der Waals surface area contributed by atoms with Crippen molar-refractivity contribution in [3.63, 3.8) is 0 Å². The summed E-state index contributed by atoms with van der Waals surface area (Å²) < 4.78 is 6.10. The highest BCUT2D eigenvalue weighted by atomic mass is 16.5. The van der Waals surface area contributed by atoms with Crippen molar-refractivity contribution in [3.05, 3.63) is 22.3 Å². The van der Waals surface area contributed by atoms with E-state index in [0.717, 1.165) is 23.3 Å². The topological polar surface area (TPSA) is 29.5 Å². The Morgan fingerprint density at radius 3 is 2.47 bits per heavy atom. The molecule has 0 saturated heterocycles. The van der Waals surface area contributed by atoms with Crippen LogP contribution in [0.15, 0.2) is 0 Å². The van der Waals surface area contributed by atoms with Gasteiger partial charge in [0.1, 0.15) is 17.6 Å². The lowest BCUT2D eigenvalue weighted by atomic mass is 9.80. The molecule has 1 N–H and O–H groups in total. The molecule has 0 amide bonds. The Balaban J connectivity index is 2.19. The number of ether oxygens (including phenoxy) is 1. The molecular formula is C15H20O2. The summed E-state index contributed by atoms with van der Waals surface area (Å²) in [5, 5.41) is 10.1. The van der Waals surface area contributed by atoms with Crippen molar-refractivity contribution < 1.29 is 9.84 Å². The van der Waals surface area contributed by atoms with Crippen LogP contribution in [0.4, 0.5) is 0 Å². The monoisotopic (exact) mass is 232 g/mol. The minimum atomic E-state index is 0.359. The highest BCUT2D eigenvalue weighted by molar-refractivity contribution is 5.60. The lowest BCUT2D eigenvalue weighted by Crippen LogP contribution is -2.22. The van der Waals surface area contributed by atoms with Gasteiger partial charge in [-0.2, -0.15) is 0 Å². The zero-order chi connectivity index (χ0) is 12.2. The Labute approximate surface area is 103 Å². The third-order valence-corrected chi connectivity index (χ3v) is 4.60. The molecule has 2 heteroatoms. The van der Waals surface area contributed by atoms with Gasteiger partial charge in [0.2, 0.25) is 0 Å². The van der Waals surface area contributed by atoms with Crippen LogP contribution in [0.3, 0.4) is 0 Å². The second-order valence-electron chi connectivity index (χ2n) is 5.51. The van der Waals surface area contributed by atoms with Crippen molar-refractivity contribution >= 4 is 0 Å². The van der Waals surface area contributed by atoms with E-state index >= 15 is 0 Å². The fourth-order valence-corrected chi connectivity index (χ4v) is 3.46. The Kier molecular flexibility index (Phi) is 2.35. The van der Waals surface area contributed by atoms with Crippen LogP contribution in [0.2, 0.25) is 0 Å². The summed E-state index contributed by atoms with van der Waals surface area (Å²) in [7, 11) is 0. The molecule has 0 radical (unpaired) electrons. The molecule has 1 saturated carbocycles. The van der Waals surface area contributed by atoms with Crippen LogP contribution >= 0.6 is 0 Å². The number of rotatable bonds is 0. The van der Waals surface area contributed by atoms with E-state index in [0.29, 0.717) is 17.8 Å². The van der Waals surface area contributed by atoms with Crippen LogP contribution in [-0.2, 0) is 0 Å². The number of phenols is 1. The van der Waals surface area contributed by atoms with Crippen molar-refractivity contribution in [1.29, 1.82) is 0 Å². The highest BCUT2D eigenvalue weighted by Gasteiger charge is 2.39. The van der Waals surface area contributed by atoms with E-state index in [4.69, 9.17) is 4.74 Å². The average Bonchev–Trinajstić information content (AvgIpc) is 2.73. The molecule has 0 bridgehead atoms. The van der Waals surface area contributed by atoms with Crippen LogP contribution in [-0.4, -0.2) is 11.2 Å². The predicted molar refractivity (Wildman–Crippen MR) is 67.9 cm³/mol. The minimum absolute atomic E-state index is 0.359. The fourth-order valence-electron chi connectivity index (χ4n) is 3.46. The lowest BCUT2D eigenvalue weighted by molar-refractivity contribution is 0.163. The average molecular weight is 232 g/mol. The summed E-state index contributed by atoms with van der Waals surface area (Å²) in [4.78, 5) is 0. The minimum Gasteiger partial charge on any atom is -0.507 e. The van der Waals surface area contributed by atoms with E-state index in [9.17, 15) is 5.11 Å². The van der Waals surface area contributed by atoms with Gasteiger partial charge >= 0.3 is 0 Å². The third-order valence-electron chi connectivity index (χ3n) is 4.60. The van der Waals surface area contributed by atoms with Crippen molar-refractivity contribution in [1.82, 2.24) is 0 Å². The maximum Gasteiger partial charge on any atom is 0.130 e. The fraction of sp³-hybridized carbons (Fsp3) is 0.600. The van der Waals surface area contributed by atoms with Crippen molar-refractivity contribution in [2.45, 2.75) is 58.5 Å². The Morgan fingerprint density at radius 1 is 1.00 bits per heavy atom. The zero-order valence-corrected chi connectivity index (χ0v) is 10.8. The van der Waals surface area contributed by atoms with Crippen molar-refractivity contribution in [3.8, 4) is 11.5 Å². The third kappa shape index (κ3) is 1.39. The number of hydrogen-bond acceptors (Lipinski definition) is 2. The highest BCUT2D eigenvalue weighted by Crippen LogP contribution is 2.51. The molecule has 0 spiro atoms. The van der Waals surface area contributed by atoms with Gasteiger partial charge in [-0.3, -0.25) is 0 Å². The maximum atomic E-state index is 10.1. The van der Waals surface area contributed by atoms with Crippen molar-refractivity contribution in [2.24, 2.45) is 0 Å². The Hall–Kier alpha value is -1.18. The van der Waals surface area contributed by atoms with E-state index in [1.807, 2.05) is 13.8 Å². The molecule has 1 aromatic carbocycles. The number of aromatic hydroxyl groups is 1. The van der Waals surface area contributed by atoms with Gasteiger partial charge in [-0.1, -0.05) is 6.42 Å². The molecule has 2 nitrogen and oxygen atoms in total. The van der Waals surface area contributed by atoms with E-state index in [2.05, 4.69) is 6.92 Å². The predicted octanol–water partition coefficient (Wildman–Crippen LogP) is 3.74. The number of benzene rings is 1. The molecule has 1 aliphatic heterocycles. The molecular weight excluding hydrogens is 212 g/mol. The first-order valence-corrected chi connectivity index (χ1v) is 6.60. The lowest BCUT2D eigenvalue weighted by Gasteiger charge is -2.24. The SMILES string of the molecule is Cc1c(C)c2c(c(C)c1O)OC1CCCCC21. The molecule has 1 heterocycles. The smallest absolute Gasteiger partial charge is 0.130 e. The first-order valence-electron chi connectivity index (χ1n) is 6.60. The standard InChI is InChI=1S/C15H20O2/c1-8-9(2)14(16)10(3)15-13(8)11-6-4-5-7-12(11)17-15/h11-12,16H,4-7H2,1-3H3. The summed E-state index contributed by atoms with van der Waals surface area (Å²) >= 11 is 0. The molecule has 92 valence electrons. The van der Waals surface area contributed by atoms with Crippen LogP contribution in [0, 0.1) is 20.8 Å². The van der Waals surface area contributed by atoms with E-state index < -0.39 is 0 Å². The second kappa shape index (κ2) is 3.66. The summed E-state index contributed by atoms with van der Waals surface area (Å²) in [5.41, 5.74) is 4.56. The normalized spacial score (nSPS) is 26.3. The molecule has 1 fully saturated rings. The van der Waals surface area contributed by atoms with Crippen LogP contribution in [0.1, 0.15) is 53.9 Å². The molecule has 2 unspecified atom stereocenters. The van der Waals surface area contributed by atoms with E-state index in [-0.39, 0.29) is 0 Å². The first-order chi connectivity index (χ1) is 8.11. The molecule has 1 aliphatic carbocycles. The van der Waals surface area contributed by atoms with Crippen molar-refractivity contribution in [2.75, 3.05) is 0 Å². The van der Waals surface area contributed by atoms with Gasteiger partial charge < -0.3 is 9.84 Å². The van der Waals surface area contributed by atoms with Crippen LogP contribution in [0.5, 0.6) is 11.5 Å². The molecule has 2 atom stereocenters. The summed E-state index contributed by atoms with van der Waals surface area (Å²) in [5.74, 6) is 1.96. The van der Waals surface area contributed by atoms with Gasteiger partial charge in [0.25, 0.3) is 0 Å². The first kappa shape index (κ1) is 10.9. The van der Waals surface area contributed by atoms with Gasteiger partial charge in [0, 0.05) is 17.0 Å². The van der Waals surface area contributed by atoms with Crippen LogP contribution in [0.25, 0.3) is 0 Å². The number of hydrogen-bond donors (Lipinski definition) is 1. The second-order valence-corrected chi connectivity index (χ2v) is 5.51. The maximum absolute atomic E-state index is 10.1. The Morgan fingerprint density at radius 2 is 1.71 bits per heavy atom. The summed E-state index contributed by atoms with van der Waals surface area (Å²) in [6, 6.07) is 0. The molecule has 3 rings (SSSR count). The van der Waals surface area contributed by atoms with Crippen LogP contribution < -0.4 is 4.74 Å². The largest absolute Gasteiger partial charge is 0.507 e. The number of phenolic OH excluding ortho intramolecular Hbond substituents is 1. The van der Waals surface area contributed by atoms with Gasteiger partial charge in [-0.15, -0.1) is 0 Å². The van der Waals surface area contributed by atoms with Gasteiger partial charge in [0.15, 0.2) is 0 Å². The summed E-state index contributed by atoms with van der Waals surface area (Å²) in [6.07, 6.45) is 5.35. The molecule has 2 aliphatic rings. The molecule has 0 aromatic heterocycles. The number of fused-ring (bicyclic) bond motifs is 3. The zero-order valence-electron chi connectivity index (χ0n) is 10.8. The quantitative estimate of drug-likeness (QED) is 0.738. The van der Waals surface area contributed by atoms with E-state index in [1.54, 1.807) is 0 Å². The summed E-state index contributed by atoms with van der Waals surface area (Å²) in [6.45, 7) is 6.10. The van der Waals surface area contributed by atoms with Gasteiger partial charge in [-0.05, 0) is 51.2 Å². The van der Waals surface area contributed by atoms with Gasteiger partial charge in [-0.25, -0.2) is 0 Å². The van der Waals surface area contributed by atoms with Gasteiger partial charge in [0.05, 0.1) is 0 Å².